The highest BCUT2D eigenvalue weighted by atomic mass is 35.5. The minimum Gasteiger partial charge on any atom is -0.481 e. The van der Waals surface area contributed by atoms with Crippen molar-refractivity contribution in [1.82, 2.24) is 0 Å². The van der Waals surface area contributed by atoms with Crippen molar-refractivity contribution < 1.29 is 14.3 Å². The second kappa shape index (κ2) is 4.80. The molecule has 0 heterocycles. The molecule has 3 nitrogen and oxygen atoms in total. The van der Waals surface area contributed by atoms with Gasteiger partial charge in [-0.05, 0) is 36.6 Å². The summed E-state index contributed by atoms with van der Waals surface area (Å²) in [7, 11) is 0. The van der Waals surface area contributed by atoms with Crippen LogP contribution in [-0.2, 0) is 4.79 Å². The molecule has 16 heavy (non-hydrogen) atoms. The smallest absolute Gasteiger partial charge is 0.305 e. The fourth-order valence-corrected chi connectivity index (χ4v) is 1.93. The van der Waals surface area contributed by atoms with Gasteiger partial charge >= 0.3 is 5.97 Å². The number of carboxylic acid groups (broad SMARTS) is 1. The van der Waals surface area contributed by atoms with Gasteiger partial charge in [-0.1, -0.05) is 11.6 Å². The van der Waals surface area contributed by atoms with Crippen molar-refractivity contribution in [2.45, 2.75) is 26.3 Å². The van der Waals surface area contributed by atoms with Gasteiger partial charge in [0.25, 0.3) is 0 Å². The van der Waals surface area contributed by atoms with Crippen LogP contribution in [0.1, 0.15) is 29.2 Å². The Balaban J connectivity index is 3.26. The first-order chi connectivity index (χ1) is 7.34. The van der Waals surface area contributed by atoms with E-state index in [9.17, 15) is 9.18 Å². The fraction of sp³-hybridized carbons (Fsp3) is 0.364. The number of nitrogens with two attached hydrogens (primary N) is 1. The summed E-state index contributed by atoms with van der Waals surface area (Å²) < 4.78 is 13.4. The zero-order chi connectivity index (χ0) is 12.5. The first-order valence-electron chi connectivity index (χ1n) is 4.77. The van der Waals surface area contributed by atoms with E-state index in [1.54, 1.807) is 13.8 Å². The second-order valence-corrected chi connectivity index (χ2v) is 4.11. The van der Waals surface area contributed by atoms with Crippen LogP contribution in [0.5, 0.6) is 0 Å². The van der Waals surface area contributed by atoms with E-state index in [4.69, 9.17) is 22.4 Å². The zero-order valence-electron chi connectivity index (χ0n) is 9.05. The molecule has 1 aromatic rings. The van der Waals surface area contributed by atoms with Gasteiger partial charge in [0.2, 0.25) is 0 Å². The van der Waals surface area contributed by atoms with Crippen LogP contribution in [0.4, 0.5) is 4.39 Å². The molecule has 0 amide bonds. The summed E-state index contributed by atoms with van der Waals surface area (Å²) in [6, 6.07) is 0.522. The number of hydrogen-bond donors (Lipinski definition) is 2. The highest BCUT2D eigenvalue weighted by Gasteiger charge is 2.20. The maximum atomic E-state index is 13.4. The lowest BCUT2D eigenvalue weighted by atomic mass is 9.95. The van der Waals surface area contributed by atoms with Gasteiger partial charge in [0.1, 0.15) is 5.82 Å². The number of hydrogen-bond acceptors (Lipinski definition) is 2. The average Bonchev–Trinajstić information content (AvgIpc) is 2.14. The molecule has 0 aliphatic carbocycles. The SMILES string of the molecule is Cc1cc(F)c(Cl)c(C(N)CC(=O)O)c1C. The molecule has 1 unspecified atom stereocenters. The van der Waals surface area contributed by atoms with Crippen molar-refractivity contribution in [3.05, 3.63) is 33.6 Å². The largest absolute Gasteiger partial charge is 0.481 e. The van der Waals surface area contributed by atoms with Crippen molar-refractivity contribution >= 4 is 17.6 Å². The molecule has 1 rings (SSSR count). The van der Waals surface area contributed by atoms with Crippen molar-refractivity contribution in [3.8, 4) is 0 Å². The maximum Gasteiger partial charge on any atom is 0.305 e. The van der Waals surface area contributed by atoms with E-state index < -0.39 is 17.8 Å². The van der Waals surface area contributed by atoms with Crippen LogP contribution in [0.25, 0.3) is 0 Å². The van der Waals surface area contributed by atoms with Crippen LogP contribution in [0, 0.1) is 19.7 Å². The first kappa shape index (κ1) is 12.9. The Bertz CT molecular complexity index is 408. The van der Waals surface area contributed by atoms with Crippen molar-refractivity contribution in [1.29, 1.82) is 0 Å². The highest BCUT2D eigenvalue weighted by Crippen LogP contribution is 2.31. The molecule has 0 bridgehead atoms. The van der Waals surface area contributed by atoms with Gasteiger partial charge in [-0.2, -0.15) is 0 Å². The van der Waals surface area contributed by atoms with Gasteiger partial charge in [-0.15, -0.1) is 0 Å². The Labute approximate surface area is 98.0 Å². The summed E-state index contributed by atoms with van der Waals surface area (Å²) in [5.74, 6) is -1.61. The normalized spacial score (nSPS) is 12.6. The third kappa shape index (κ3) is 2.51. The molecular weight excluding hydrogens is 233 g/mol. The maximum absolute atomic E-state index is 13.4. The van der Waals surface area contributed by atoms with E-state index in [1.807, 2.05) is 0 Å². The van der Waals surface area contributed by atoms with E-state index in [1.165, 1.54) is 6.07 Å². The summed E-state index contributed by atoms with van der Waals surface area (Å²) >= 11 is 5.80. The Morgan fingerprint density at radius 2 is 2.19 bits per heavy atom. The predicted molar refractivity (Wildman–Crippen MR) is 60.1 cm³/mol. The summed E-state index contributed by atoms with van der Waals surface area (Å²) in [4.78, 5) is 10.6. The number of aryl methyl sites for hydroxylation is 1. The van der Waals surface area contributed by atoms with E-state index in [2.05, 4.69) is 0 Å². The van der Waals surface area contributed by atoms with Gasteiger partial charge in [-0.25, -0.2) is 4.39 Å². The van der Waals surface area contributed by atoms with Gasteiger partial charge in [0.15, 0.2) is 0 Å². The third-order valence-corrected chi connectivity index (χ3v) is 2.93. The molecule has 0 saturated heterocycles. The molecule has 0 fully saturated rings. The van der Waals surface area contributed by atoms with E-state index in [0.717, 1.165) is 5.56 Å². The number of carbonyl (C=O) groups is 1. The third-order valence-electron chi connectivity index (χ3n) is 2.55. The number of rotatable bonds is 3. The van der Waals surface area contributed by atoms with Gasteiger partial charge < -0.3 is 10.8 Å². The summed E-state index contributed by atoms with van der Waals surface area (Å²) in [6.45, 7) is 3.48. The molecule has 0 aliphatic rings. The van der Waals surface area contributed by atoms with Crippen molar-refractivity contribution in [2.75, 3.05) is 0 Å². The van der Waals surface area contributed by atoms with Crippen molar-refractivity contribution in [3.63, 3.8) is 0 Å². The monoisotopic (exact) mass is 245 g/mol. The quantitative estimate of drug-likeness (QED) is 0.860. The Morgan fingerprint density at radius 3 is 2.69 bits per heavy atom. The molecule has 0 aromatic heterocycles. The van der Waals surface area contributed by atoms with Gasteiger partial charge in [0.05, 0.1) is 11.4 Å². The summed E-state index contributed by atoms with van der Waals surface area (Å²) in [5, 5.41) is 8.56. The van der Waals surface area contributed by atoms with E-state index >= 15 is 0 Å². The molecule has 0 saturated carbocycles. The minimum atomic E-state index is -1.04. The summed E-state index contributed by atoms with van der Waals surface area (Å²) in [6.07, 6.45) is -0.274. The van der Waals surface area contributed by atoms with E-state index in [0.29, 0.717) is 11.1 Å². The predicted octanol–water partition coefficient (Wildman–Crippen LogP) is 2.57. The van der Waals surface area contributed by atoms with Crippen LogP contribution in [-0.4, -0.2) is 11.1 Å². The van der Waals surface area contributed by atoms with Crippen LogP contribution < -0.4 is 5.73 Å². The second-order valence-electron chi connectivity index (χ2n) is 3.73. The molecule has 1 atom stereocenters. The number of halogens is 2. The lowest BCUT2D eigenvalue weighted by molar-refractivity contribution is -0.137. The standard InChI is InChI=1S/C11H13ClFNO2/c1-5-3-7(13)11(12)10(6(5)2)8(14)4-9(15)16/h3,8H,4,14H2,1-2H3,(H,15,16). The fourth-order valence-electron chi connectivity index (χ4n) is 1.60. The van der Waals surface area contributed by atoms with Gasteiger partial charge in [0, 0.05) is 6.04 Å². The lowest BCUT2D eigenvalue weighted by Gasteiger charge is -2.17. The lowest BCUT2D eigenvalue weighted by Crippen LogP contribution is -2.17. The van der Waals surface area contributed by atoms with Crippen LogP contribution >= 0.6 is 11.6 Å². The molecule has 0 radical (unpaired) electrons. The molecule has 1 aromatic carbocycles. The molecule has 5 heteroatoms. The molecule has 0 spiro atoms. The molecule has 3 N–H and O–H groups in total. The topological polar surface area (TPSA) is 63.3 Å². The number of benzene rings is 1. The zero-order valence-corrected chi connectivity index (χ0v) is 9.81. The van der Waals surface area contributed by atoms with Crippen LogP contribution in [0.15, 0.2) is 6.07 Å². The minimum absolute atomic E-state index is 0.0862. The summed E-state index contributed by atoms with van der Waals surface area (Å²) in [5.41, 5.74) is 7.52. The molecule has 88 valence electrons. The van der Waals surface area contributed by atoms with E-state index in [-0.39, 0.29) is 11.4 Å². The molecule has 0 aliphatic heterocycles. The van der Waals surface area contributed by atoms with Crippen LogP contribution in [0.2, 0.25) is 5.02 Å². The van der Waals surface area contributed by atoms with Crippen molar-refractivity contribution in [2.24, 2.45) is 5.73 Å². The Kier molecular flexibility index (Phi) is 3.88. The number of carboxylic acids is 1. The Hall–Kier alpha value is -1.13. The Morgan fingerprint density at radius 1 is 1.62 bits per heavy atom. The first-order valence-corrected chi connectivity index (χ1v) is 5.14. The molecular formula is C11H13ClFNO2. The number of aliphatic carboxylic acids is 1. The highest BCUT2D eigenvalue weighted by molar-refractivity contribution is 6.31. The van der Waals surface area contributed by atoms with Crippen LogP contribution in [0.3, 0.4) is 0 Å². The van der Waals surface area contributed by atoms with Gasteiger partial charge in [-0.3, -0.25) is 4.79 Å². The average molecular weight is 246 g/mol.